The summed E-state index contributed by atoms with van der Waals surface area (Å²) in [6.07, 6.45) is 13.0. The van der Waals surface area contributed by atoms with Gasteiger partial charge in [-0.3, -0.25) is 9.59 Å². The largest absolute Gasteiger partial charge is 0.464 e. The predicted octanol–water partition coefficient (Wildman–Crippen LogP) is 6.36. The topological polar surface area (TPSA) is 129 Å². The molecule has 0 rings (SSSR count). The summed E-state index contributed by atoms with van der Waals surface area (Å²) >= 11 is 0. The highest BCUT2D eigenvalue weighted by Crippen LogP contribution is 2.14. The van der Waals surface area contributed by atoms with Gasteiger partial charge in [-0.1, -0.05) is 38.3 Å². The molecular formula is C30H54N2O8. The minimum absolute atomic E-state index is 0.236. The monoisotopic (exact) mass is 570 g/mol. The molecule has 0 saturated carbocycles. The van der Waals surface area contributed by atoms with Gasteiger partial charge in [-0.2, -0.15) is 0 Å². The highest BCUT2D eigenvalue weighted by Gasteiger charge is 2.19. The molecule has 40 heavy (non-hydrogen) atoms. The number of nitrogens with one attached hydrogen (secondary N) is 2. The van der Waals surface area contributed by atoms with Crippen LogP contribution in [-0.4, -0.2) is 61.1 Å². The standard InChI is InChI=1S/C30H54N2O8/c1-8-9-10-11-12-13-14-16-19-24(38-26(34)23-32-28(36)40-30(5,6)7)20-17-15-18-21-37-25(33)22-31-27(35)39-29(2,3)4/h13-14,24H,8-12,15-23H2,1-7H3,(H,31,35)(H,32,36)/b14-13+. The highest BCUT2D eigenvalue weighted by molar-refractivity contribution is 5.78. The van der Waals surface area contributed by atoms with Gasteiger partial charge in [-0.15, -0.1) is 0 Å². The van der Waals surface area contributed by atoms with Crippen LogP contribution in [0.25, 0.3) is 0 Å². The number of alkyl carbamates (subject to hydrolysis) is 2. The number of allylic oxidation sites excluding steroid dienone is 2. The molecule has 0 aromatic rings. The Hall–Kier alpha value is -2.78. The maximum absolute atomic E-state index is 12.3. The minimum Gasteiger partial charge on any atom is -0.464 e. The van der Waals surface area contributed by atoms with Crippen LogP contribution in [-0.2, 0) is 28.5 Å². The van der Waals surface area contributed by atoms with E-state index in [2.05, 4.69) is 29.7 Å². The molecule has 10 heteroatoms. The fourth-order valence-electron chi connectivity index (χ4n) is 3.50. The molecule has 0 bridgehead atoms. The van der Waals surface area contributed by atoms with Crippen LogP contribution in [0.2, 0.25) is 0 Å². The fourth-order valence-corrected chi connectivity index (χ4v) is 3.50. The zero-order valence-electron chi connectivity index (χ0n) is 25.9. The third-order valence-corrected chi connectivity index (χ3v) is 5.33. The Bertz CT molecular complexity index is 769. The van der Waals surface area contributed by atoms with Crippen molar-refractivity contribution in [3.63, 3.8) is 0 Å². The van der Waals surface area contributed by atoms with Gasteiger partial charge in [0.1, 0.15) is 30.4 Å². The number of hydrogen-bond acceptors (Lipinski definition) is 8. The van der Waals surface area contributed by atoms with E-state index in [-0.39, 0.29) is 25.8 Å². The summed E-state index contributed by atoms with van der Waals surface area (Å²) in [4.78, 5) is 47.6. The zero-order chi connectivity index (χ0) is 30.4. The molecule has 0 fully saturated rings. The summed E-state index contributed by atoms with van der Waals surface area (Å²) in [6, 6.07) is 0. The normalized spacial score (nSPS) is 12.5. The van der Waals surface area contributed by atoms with E-state index in [1.807, 2.05) is 0 Å². The maximum atomic E-state index is 12.3. The van der Waals surface area contributed by atoms with E-state index in [1.54, 1.807) is 41.5 Å². The molecule has 0 radical (unpaired) electrons. The van der Waals surface area contributed by atoms with E-state index < -0.39 is 35.3 Å². The molecule has 232 valence electrons. The molecule has 0 aliphatic rings. The SMILES string of the molecule is CCCCCC/C=C/CCC(CCCCCOC(=O)CNC(=O)OC(C)(C)C)OC(=O)CNC(=O)OC(C)(C)C. The van der Waals surface area contributed by atoms with Gasteiger partial charge in [0, 0.05) is 0 Å². The van der Waals surface area contributed by atoms with Gasteiger partial charge in [-0.05, 0) is 92.9 Å². The Morgan fingerprint density at radius 1 is 0.675 bits per heavy atom. The molecule has 1 unspecified atom stereocenters. The Balaban J connectivity index is 4.44. The lowest BCUT2D eigenvalue weighted by Crippen LogP contribution is -2.37. The van der Waals surface area contributed by atoms with E-state index in [4.69, 9.17) is 18.9 Å². The van der Waals surface area contributed by atoms with Gasteiger partial charge in [0.15, 0.2) is 0 Å². The van der Waals surface area contributed by atoms with Crippen molar-refractivity contribution in [3.8, 4) is 0 Å². The molecule has 2 amide bonds. The van der Waals surface area contributed by atoms with Gasteiger partial charge in [0.05, 0.1) is 6.61 Å². The molecule has 10 nitrogen and oxygen atoms in total. The van der Waals surface area contributed by atoms with Crippen LogP contribution in [0.5, 0.6) is 0 Å². The van der Waals surface area contributed by atoms with Crippen molar-refractivity contribution >= 4 is 24.1 Å². The number of ether oxygens (including phenoxy) is 4. The van der Waals surface area contributed by atoms with Crippen molar-refractivity contribution in [1.82, 2.24) is 10.6 Å². The third kappa shape index (κ3) is 25.5. The van der Waals surface area contributed by atoms with Crippen molar-refractivity contribution in [3.05, 3.63) is 12.2 Å². The number of unbranched alkanes of at least 4 members (excludes halogenated alkanes) is 6. The average molecular weight is 571 g/mol. The average Bonchev–Trinajstić information content (AvgIpc) is 2.82. The van der Waals surface area contributed by atoms with Gasteiger partial charge in [-0.25, -0.2) is 9.59 Å². The molecule has 0 aromatic carbocycles. The maximum Gasteiger partial charge on any atom is 0.408 e. The number of rotatable bonds is 19. The Labute approximate surface area is 241 Å². The van der Waals surface area contributed by atoms with Crippen LogP contribution in [0.3, 0.4) is 0 Å². The van der Waals surface area contributed by atoms with E-state index in [1.165, 1.54) is 25.7 Å². The van der Waals surface area contributed by atoms with Gasteiger partial charge in [0.25, 0.3) is 0 Å². The molecular weight excluding hydrogens is 516 g/mol. The number of carbonyl (C=O) groups is 4. The lowest BCUT2D eigenvalue weighted by molar-refractivity contribution is -0.148. The van der Waals surface area contributed by atoms with Crippen molar-refractivity contribution < 1.29 is 38.1 Å². The lowest BCUT2D eigenvalue weighted by Gasteiger charge is -2.20. The number of hydrogen-bond donors (Lipinski definition) is 2. The fraction of sp³-hybridized carbons (Fsp3) is 0.800. The summed E-state index contributed by atoms with van der Waals surface area (Å²) in [5.74, 6) is -1.04. The van der Waals surface area contributed by atoms with Crippen molar-refractivity contribution in [1.29, 1.82) is 0 Å². The van der Waals surface area contributed by atoms with Crippen molar-refractivity contribution in [2.45, 2.75) is 136 Å². The second-order valence-corrected chi connectivity index (χ2v) is 11.8. The third-order valence-electron chi connectivity index (χ3n) is 5.33. The second-order valence-electron chi connectivity index (χ2n) is 11.8. The van der Waals surface area contributed by atoms with E-state index in [0.29, 0.717) is 19.3 Å². The van der Waals surface area contributed by atoms with Crippen LogP contribution in [0.1, 0.15) is 119 Å². The number of amides is 2. The first-order valence-electron chi connectivity index (χ1n) is 14.7. The van der Waals surface area contributed by atoms with Crippen LogP contribution in [0.15, 0.2) is 12.2 Å². The smallest absolute Gasteiger partial charge is 0.408 e. The van der Waals surface area contributed by atoms with Gasteiger partial charge >= 0.3 is 24.1 Å². The molecule has 0 aliphatic carbocycles. The predicted molar refractivity (Wildman–Crippen MR) is 155 cm³/mol. The van der Waals surface area contributed by atoms with Crippen LogP contribution < -0.4 is 10.6 Å². The summed E-state index contributed by atoms with van der Waals surface area (Å²) in [6.45, 7) is 12.4. The Kier molecular flexibility index (Phi) is 19.6. The number of carbonyl (C=O) groups excluding carboxylic acids is 4. The molecule has 0 heterocycles. The molecule has 2 N–H and O–H groups in total. The van der Waals surface area contributed by atoms with Crippen molar-refractivity contribution in [2.24, 2.45) is 0 Å². The first kappa shape index (κ1) is 37.2. The molecule has 0 saturated heterocycles. The number of esters is 2. The van der Waals surface area contributed by atoms with E-state index in [0.717, 1.165) is 25.7 Å². The summed E-state index contributed by atoms with van der Waals surface area (Å²) in [5, 5.41) is 4.81. The van der Waals surface area contributed by atoms with Crippen LogP contribution >= 0.6 is 0 Å². The molecule has 1 atom stereocenters. The Morgan fingerprint density at radius 2 is 1.23 bits per heavy atom. The van der Waals surface area contributed by atoms with E-state index in [9.17, 15) is 19.2 Å². The Morgan fingerprint density at radius 3 is 1.80 bits per heavy atom. The molecule has 0 spiro atoms. The summed E-state index contributed by atoms with van der Waals surface area (Å²) in [7, 11) is 0. The van der Waals surface area contributed by atoms with Gasteiger partial charge in [0.2, 0.25) is 0 Å². The van der Waals surface area contributed by atoms with Crippen LogP contribution in [0, 0.1) is 0 Å². The van der Waals surface area contributed by atoms with Crippen molar-refractivity contribution in [2.75, 3.05) is 19.7 Å². The first-order valence-corrected chi connectivity index (χ1v) is 14.7. The quantitative estimate of drug-likeness (QED) is 0.0794. The van der Waals surface area contributed by atoms with Gasteiger partial charge < -0.3 is 29.6 Å². The first-order chi connectivity index (χ1) is 18.7. The van der Waals surface area contributed by atoms with E-state index >= 15 is 0 Å². The zero-order valence-corrected chi connectivity index (χ0v) is 25.9. The molecule has 0 aromatic heterocycles. The summed E-state index contributed by atoms with van der Waals surface area (Å²) < 4.78 is 21.0. The second kappa shape index (κ2) is 21.0. The summed E-state index contributed by atoms with van der Waals surface area (Å²) in [5.41, 5.74) is -1.29. The molecule has 0 aliphatic heterocycles. The van der Waals surface area contributed by atoms with Crippen LogP contribution in [0.4, 0.5) is 9.59 Å². The highest BCUT2D eigenvalue weighted by atomic mass is 16.6. The lowest BCUT2D eigenvalue weighted by atomic mass is 10.1. The minimum atomic E-state index is -0.669.